The van der Waals surface area contributed by atoms with Gasteiger partial charge in [-0.3, -0.25) is 4.79 Å². The number of morpholine rings is 1. The van der Waals surface area contributed by atoms with E-state index in [1.807, 2.05) is 6.92 Å². The number of aliphatic hydroxyl groups is 1. The molecule has 104 valence electrons. The minimum absolute atomic E-state index is 0.0965. The maximum Gasteiger partial charge on any atom is 0.255 e. The lowest BCUT2D eigenvalue weighted by Gasteiger charge is -2.36. The number of nitrogens with zero attached hydrogens (tertiary/aromatic N) is 1. The number of carbonyl (C=O) groups is 1. The average Bonchev–Trinajstić information content (AvgIpc) is 2.40. The van der Waals surface area contributed by atoms with Gasteiger partial charge >= 0.3 is 0 Å². The minimum Gasteiger partial charge on any atom is -0.394 e. The Morgan fingerprint density at radius 1 is 1.58 bits per heavy atom. The Balaban J connectivity index is 2.21. The summed E-state index contributed by atoms with van der Waals surface area (Å²) in [6.07, 6.45) is -0.431. The minimum atomic E-state index is -0.335. The average molecular weight is 349 g/mol. The van der Waals surface area contributed by atoms with Gasteiger partial charge in [0.1, 0.15) is 0 Å². The first kappa shape index (κ1) is 14.8. The summed E-state index contributed by atoms with van der Waals surface area (Å²) in [6, 6.07) is 5.18. The van der Waals surface area contributed by atoms with Gasteiger partial charge in [-0.2, -0.15) is 0 Å². The predicted molar refractivity (Wildman–Crippen MR) is 76.5 cm³/mol. The topological polar surface area (TPSA) is 49.8 Å². The van der Waals surface area contributed by atoms with E-state index in [2.05, 4.69) is 15.9 Å². The summed E-state index contributed by atoms with van der Waals surface area (Å²) in [5.41, 5.74) is 0.460. The van der Waals surface area contributed by atoms with Crippen molar-refractivity contribution in [1.82, 2.24) is 4.90 Å². The van der Waals surface area contributed by atoms with Crippen molar-refractivity contribution in [2.75, 3.05) is 19.7 Å². The van der Waals surface area contributed by atoms with E-state index in [-0.39, 0.29) is 24.7 Å². The first-order valence-corrected chi connectivity index (χ1v) is 7.19. The first-order valence-electron chi connectivity index (χ1n) is 6.02. The van der Waals surface area contributed by atoms with Gasteiger partial charge in [0.05, 0.1) is 29.4 Å². The second-order valence-electron chi connectivity index (χ2n) is 4.59. The molecule has 19 heavy (non-hydrogen) atoms. The molecule has 1 fully saturated rings. The summed E-state index contributed by atoms with van der Waals surface area (Å²) in [4.78, 5) is 14.1. The molecule has 2 rings (SSSR count). The molecule has 1 aromatic carbocycles. The second kappa shape index (κ2) is 6.22. The van der Waals surface area contributed by atoms with Gasteiger partial charge in [0, 0.05) is 17.6 Å². The van der Waals surface area contributed by atoms with E-state index >= 15 is 0 Å². The molecular weight excluding hydrogens is 334 g/mol. The highest BCUT2D eigenvalue weighted by Gasteiger charge is 2.29. The molecule has 0 spiro atoms. The van der Waals surface area contributed by atoms with Gasteiger partial charge in [0.25, 0.3) is 5.91 Å². The fourth-order valence-electron chi connectivity index (χ4n) is 2.14. The third-order valence-corrected chi connectivity index (χ3v) is 3.80. The summed E-state index contributed by atoms with van der Waals surface area (Å²) in [6.45, 7) is 2.66. The van der Waals surface area contributed by atoms with Crippen molar-refractivity contribution in [2.24, 2.45) is 0 Å². The Labute approximate surface area is 125 Å². The molecular formula is C13H15BrClNO3. The number of benzene rings is 1. The second-order valence-corrected chi connectivity index (χ2v) is 5.91. The lowest BCUT2D eigenvalue weighted by molar-refractivity contribution is -0.0858. The number of hydrogen-bond donors (Lipinski definition) is 1. The fraction of sp³-hybridized carbons (Fsp3) is 0.462. The van der Waals surface area contributed by atoms with Crippen molar-refractivity contribution >= 4 is 33.4 Å². The van der Waals surface area contributed by atoms with Crippen molar-refractivity contribution in [3.8, 4) is 0 Å². The smallest absolute Gasteiger partial charge is 0.255 e. The van der Waals surface area contributed by atoms with Crippen LogP contribution in [-0.2, 0) is 4.74 Å². The zero-order valence-corrected chi connectivity index (χ0v) is 12.8. The molecule has 1 N–H and O–H groups in total. The highest BCUT2D eigenvalue weighted by atomic mass is 79.9. The van der Waals surface area contributed by atoms with Crippen molar-refractivity contribution in [1.29, 1.82) is 0 Å². The van der Waals surface area contributed by atoms with E-state index in [0.717, 1.165) is 4.47 Å². The Hall–Kier alpha value is -0.620. The fourth-order valence-corrected chi connectivity index (χ4v) is 2.70. The van der Waals surface area contributed by atoms with Gasteiger partial charge in [0.15, 0.2) is 0 Å². The van der Waals surface area contributed by atoms with Crippen LogP contribution in [0.15, 0.2) is 22.7 Å². The molecule has 0 radical (unpaired) electrons. The van der Waals surface area contributed by atoms with Crippen LogP contribution < -0.4 is 0 Å². The molecule has 0 bridgehead atoms. The molecule has 1 aliphatic heterocycles. The number of halogens is 2. The summed E-state index contributed by atoms with van der Waals surface area (Å²) >= 11 is 9.40. The lowest BCUT2D eigenvalue weighted by atomic mass is 10.1. The summed E-state index contributed by atoms with van der Waals surface area (Å²) < 4.78 is 6.33. The van der Waals surface area contributed by atoms with Crippen LogP contribution in [-0.4, -0.2) is 47.8 Å². The van der Waals surface area contributed by atoms with Crippen LogP contribution in [0.2, 0.25) is 5.02 Å². The summed E-state index contributed by atoms with van der Waals surface area (Å²) in [5.74, 6) is -0.139. The predicted octanol–water partition coefficient (Wildman–Crippen LogP) is 2.32. The number of ether oxygens (including phenoxy) is 1. The zero-order chi connectivity index (χ0) is 14.0. The maximum atomic E-state index is 12.5. The van der Waals surface area contributed by atoms with Crippen molar-refractivity contribution in [3.63, 3.8) is 0 Å². The quantitative estimate of drug-likeness (QED) is 0.892. The van der Waals surface area contributed by atoms with Crippen molar-refractivity contribution in [3.05, 3.63) is 33.3 Å². The highest BCUT2D eigenvalue weighted by molar-refractivity contribution is 9.10. The van der Waals surface area contributed by atoms with Crippen LogP contribution >= 0.6 is 27.5 Å². The molecule has 4 nitrogen and oxygen atoms in total. The van der Waals surface area contributed by atoms with Crippen LogP contribution in [0.3, 0.4) is 0 Å². The Morgan fingerprint density at radius 2 is 2.32 bits per heavy atom. The zero-order valence-electron chi connectivity index (χ0n) is 10.5. The van der Waals surface area contributed by atoms with Gasteiger partial charge in [-0.05, 0) is 25.1 Å². The van der Waals surface area contributed by atoms with Gasteiger partial charge in [-0.25, -0.2) is 0 Å². The van der Waals surface area contributed by atoms with Crippen molar-refractivity contribution < 1.29 is 14.6 Å². The number of aliphatic hydroxyl groups excluding tert-OH is 1. The van der Waals surface area contributed by atoms with Crippen LogP contribution in [0.25, 0.3) is 0 Å². The molecule has 1 saturated heterocycles. The van der Waals surface area contributed by atoms with Gasteiger partial charge < -0.3 is 14.7 Å². The molecule has 0 aromatic heterocycles. The third kappa shape index (κ3) is 3.48. The third-order valence-electron chi connectivity index (χ3n) is 2.98. The van der Waals surface area contributed by atoms with E-state index in [9.17, 15) is 9.90 Å². The molecule has 6 heteroatoms. The summed E-state index contributed by atoms with van der Waals surface area (Å²) in [5, 5.41) is 9.61. The summed E-state index contributed by atoms with van der Waals surface area (Å²) in [7, 11) is 0. The number of carbonyl (C=O) groups excluding carboxylic acids is 1. The largest absolute Gasteiger partial charge is 0.394 e. The Morgan fingerprint density at radius 3 is 3.00 bits per heavy atom. The Bertz CT molecular complexity index is 483. The lowest BCUT2D eigenvalue weighted by Crippen LogP contribution is -2.50. The number of hydrogen-bond acceptors (Lipinski definition) is 3. The van der Waals surface area contributed by atoms with E-state index in [1.54, 1.807) is 23.1 Å². The van der Waals surface area contributed by atoms with Crippen LogP contribution in [0.5, 0.6) is 0 Å². The van der Waals surface area contributed by atoms with Crippen molar-refractivity contribution in [2.45, 2.75) is 19.1 Å². The molecule has 1 aliphatic rings. The van der Waals surface area contributed by atoms with Gasteiger partial charge in [-0.15, -0.1) is 0 Å². The van der Waals surface area contributed by atoms with Crippen LogP contribution in [0.1, 0.15) is 17.3 Å². The monoisotopic (exact) mass is 347 g/mol. The molecule has 0 aliphatic carbocycles. The highest BCUT2D eigenvalue weighted by Crippen LogP contribution is 2.24. The normalized spacial score (nSPS) is 23.5. The number of rotatable bonds is 2. The molecule has 1 aromatic rings. The molecule has 1 amide bonds. The Kier molecular flexibility index (Phi) is 4.84. The first-order chi connectivity index (χ1) is 9.01. The van der Waals surface area contributed by atoms with Gasteiger partial charge in [0.2, 0.25) is 0 Å². The van der Waals surface area contributed by atoms with E-state index in [0.29, 0.717) is 23.7 Å². The molecule has 2 unspecified atom stereocenters. The van der Waals surface area contributed by atoms with Gasteiger partial charge in [-0.1, -0.05) is 27.5 Å². The van der Waals surface area contributed by atoms with E-state index in [4.69, 9.17) is 16.3 Å². The SMILES string of the molecule is CC1CN(C(=O)c2cc(Br)ccc2Cl)CC(CO)O1. The molecule has 1 heterocycles. The maximum absolute atomic E-state index is 12.5. The van der Waals surface area contributed by atoms with E-state index in [1.165, 1.54) is 0 Å². The van der Waals surface area contributed by atoms with Crippen LogP contribution in [0, 0.1) is 0 Å². The van der Waals surface area contributed by atoms with E-state index < -0.39 is 0 Å². The van der Waals surface area contributed by atoms with Crippen LogP contribution in [0.4, 0.5) is 0 Å². The molecule has 2 atom stereocenters. The standard InChI is InChI=1S/C13H15BrClNO3/c1-8-5-16(6-10(7-17)19-8)13(18)11-4-9(14)2-3-12(11)15/h2-4,8,10,17H,5-7H2,1H3. The molecule has 0 saturated carbocycles. The number of amides is 1.